The Morgan fingerprint density at radius 2 is 1.83 bits per heavy atom. The van der Waals surface area contributed by atoms with E-state index in [2.05, 4.69) is 10.2 Å². The van der Waals surface area contributed by atoms with E-state index in [1.54, 1.807) is 0 Å². The summed E-state index contributed by atoms with van der Waals surface area (Å²) in [4.78, 5) is 0. The third-order valence-electron chi connectivity index (χ3n) is 2.14. The summed E-state index contributed by atoms with van der Waals surface area (Å²) >= 11 is 0. The van der Waals surface area contributed by atoms with E-state index in [4.69, 9.17) is 5.73 Å². The highest BCUT2D eigenvalue weighted by atomic mass is 15.4. The summed E-state index contributed by atoms with van der Waals surface area (Å²) in [5, 5.41) is 7.91. The van der Waals surface area contributed by atoms with Crippen LogP contribution in [-0.2, 0) is 12.2 Å². The summed E-state index contributed by atoms with van der Waals surface area (Å²) in [6, 6.07) is 8.10. The number of rotatable bonds is 2. The van der Waals surface area contributed by atoms with Gasteiger partial charge in [0.1, 0.15) is 0 Å². The second-order valence-electron chi connectivity index (χ2n) is 3.12. The maximum Gasteiger partial charge on any atom is 0.213 e. The van der Waals surface area contributed by atoms with Crippen molar-refractivity contribution in [3.8, 4) is 0 Å². The van der Waals surface area contributed by atoms with Crippen LogP contribution in [0, 0.1) is 0 Å². The second kappa shape index (κ2) is 2.38. The van der Waals surface area contributed by atoms with E-state index in [0.717, 1.165) is 11.1 Å². The van der Waals surface area contributed by atoms with Gasteiger partial charge in [0, 0.05) is 12.1 Å². The van der Waals surface area contributed by atoms with E-state index in [0.29, 0.717) is 6.54 Å². The zero-order valence-corrected chi connectivity index (χ0v) is 6.99. The highest BCUT2D eigenvalue weighted by molar-refractivity contribution is 5.29. The molecule has 2 N–H and O–H groups in total. The van der Waals surface area contributed by atoms with Crippen LogP contribution in [0.2, 0.25) is 0 Å². The first-order chi connectivity index (χ1) is 5.74. The Labute approximate surface area is 71.3 Å². The molecule has 0 fully saturated rings. The number of benzene rings is 1. The van der Waals surface area contributed by atoms with Gasteiger partial charge in [0.25, 0.3) is 0 Å². The first-order valence-corrected chi connectivity index (χ1v) is 3.98. The van der Waals surface area contributed by atoms with E-state index in [1.165, 1.54) is 0 Å². The van der Waals surface area contributed by atoms with E-state index >= 15 is 0 Å². The number of nitrogens with zero attached hydrogens (tertiary/aromatic N) is 2. The molecule has 12 heavy (non-hydrogen) atoms. The van der Waals surface area contributed by atoms with Gasteiger partial charge in [-0.3, -0.25) is 0 Å². The van der Waals surface area contributed by atoms with Crippen LogP contribution in [0.3, 0.4) is 0 Å². The molecular formula is C9H11N3. The molecule has 0 saturated heterocycles. The minimum Gasteiger partial charge on any atom is -0.326 e. The summed E-state index contributed by atoms with van der Waals surface area (Å²) in [6.45, 7) is 2.58. The number of nitrogens with two attached hydrogens (primary N) is 1. The Bertz CT molecular complexity index is 307. The average Bonchev–Trinajstić information content (AvgIpc) is 2.85. The zero-order chi connectivity index (χ0) is 8.60. The lowest BCUT2D eigenvalue weighted by atomic mass is 10.0. The normalized spacial score (nSPS) is 17.8. The lowest BCUT2D eigenvalue weighted by Gasteiger charge is -2.04. The largest absolute Gasteiger partial charge is 0.326 e. The van der Waals surface area contributed by atoms with Crippen molar-refractivity contribution in [2.45, 2.75) is 19.1 Å². The molecule has 0 bridgehead atoms. The zero-order valence-electron chi connectivity index (χ0n) is 6.99. The molecule has 3 nitrogen and oxygen atoms in total. The quantitative estimate of drug-likeness (QED) is 0.706. The molecule has 1 heterocycles. The van der Waals surface area contributed by atoms with E-state index in [1.807, 2.05) is 31.2 Å². The van der Waals surface area contributed by atoms with Gasteiger partial charge in [-0.1, -0.05) is 24.3 Å². The molecule has 0 radical (unpaired) electrons. The molecule has 1 aromatic carbocycles. The third kappa shape index (κ3) is 1.12. The van der Waals surface area contributed by atoms with Crippen molar-refractivity contribution in [2.24, 2.45) is 16.0 Å². The lowest BCUT2D eigenvalue weighted by Crippen LogP contribution is -2.02. The second-order valence-corrected chi connectivity index (χ2v) is 3.12. The molecule has 1 aliphatic rings. The van der Waals surface area contributed by atoms with Gasteiger partial charge in [-0.25, -0.2) is 0 Å². The van der Waals surface area contributed by atoms with Gasteiger partial charge in [0.15, 0.2) is 0 Å². The summed E-state index contributed by atoms with van der Waals surface area (Å²) in [7, 11) is 0. The molecule has 62 valence electrons. The first-order valence-electron chi connectivity index (χ1n) is 3.98. The van der Waals surface area contributed by atoms with Gasteiger partial charge < -0.3 is 5.73 Å². The van der Waals surface area contributed by atoms with Crippen molar-refractivity contribution in [3.63, 3.8) is 0 Å². The smallest absolute Gasteiger partial charge is 0.213 e. The molecule has 0 spiro atoms. The van der Waals surface area contributed by atoms with Gasteiger partial charge in [-0.15, -0.1) is 0 Å². The monoisotopic (exact) mass is 161 g/mol. The molecule has 0 unspecified atom stereocenters. The van der Waals surface area contributed by atoms with Gasteiger partial charge in [0.2, 0.25) is 5.66 Å². The molecular weight excluding hydrogens is 150 g/mol. The van der Waals surface area contributed by atoms with Crippen LogP contribution in [0.4, 0.5) is 0 Å². The number of hydrogen-bond donors (Lipinski definition) is 1. The Morgan fingerprint density at radius 3 is 2.25 bits per heavy atom. The van der Waals surface area contributed by atoms with Gasteiger partial charge in [0.05, 0.1) is 0 Å². The molecule has 3 heteroatoms. The highest BCUT2D eigenvalue weighted by Gasteiger charge is 2.35. The van der Waals surface area contributed by atoms with E-state index in [-0.39, 0.29) is 5.66 Å². The fourth-order valence-electron chi connectivity index (χ4n) is 1.15. The molecule has 0 saturated carbocycles. The fraction of sp³-hybridized carbons (Fsp3) is 0.333. The van der Waals surface area contributed by atoms with Crippen LogP contribution in [0.5, 0.6) is 0 Å². The van der Waals surface area contributed by atoms with Crippen molar-refractivity contribution >= 4 is 0 Å². The lowest BCUT2D eigenvalue weighted by molar-refractivity contribution is 0.728. The van der Waals surface area contributed by atoms with Crippen LogP contribution in [0.25, 0.3) is 0 Å². The van der Waals surface area contributed by atoms with Gasteiger partial charge in [-0.2, -0.15) is 10.2 Å². The van der Waals surface area contributed by atoms with Crippen molar-refractivity contribution in [3.05, 3.63) is 35.4 Å². The summed E-state index contributed by atoms with van der Waals surface area (Å²) in [6.07, 6.45) is 0. The summed E-state index contributed by atoms with van der Waals surface area (Å²) in [5.41, 5.74) is 7.50. The minimum atomic E-state index is -0.257. The van der Waals surface area contributed by atoms with E-state index in [9.17, 15) is 0 Å². The Kier molecular flexibility index (Phi) is 1.48. The molecule has 0 aromatic heterocycles. The SMILES string of the molecule is CC1(c2ccc(CN)cc2)N=N1. The maximum absolute atomic E-state index is 5.48. The van der Waals surface area contributed by atoms with Crippen LogP contribution >= 0.6 is 0 Å². The van der Waals surface area contributed by atoms with Crippen molar-refractivity contribution in [1.29, 1.82) is 0 Å². The topological polar surface area (TPSA) is 50.7 Å². The van der Waals surface area contributed by atoms with Crippen LogP contribution in [0.15, 0.2) is 34.5 Å². The molecule has 1 aromatic rings. The van der Waals surface area contributed by atoms with Crippen LogP contribution in [0.1, 0.15) is 18.1 Å². The van der Waals surface area contributed by atoms with E-state index < -0.39 is 0 Å². The Balaban J connectivity index is 2.25. The van der Waals surface area contributed by atoms with Gasteiger partial charge >= 0.3 is 0 Å². The summed E-state index contributed by atoms with van der Waals surface area (Å²) < 4.78 is 0. The molecule has 0 aliphatic carbocycles. The molecule has 1 aliphatic heterocycles. The predicted octanol–water partition coefficient (Wildman–Crippen LogP) is 1.78. The molecule has 0 amide bonds. The fourth-order valence-corrected chi connectivity index (χ4v) is 1.15. The van der Waals surface area contributed by atoms with Crippen molar-refractivity contribution < 1.29 is 0 Å². The number of hydrogen-bond acceptors (Lipinski definition) is 3. The Hall–Kier alpha value is -1.22. The van der Waals surface area contributed by atoms with Crippen molar-refractivity contribution in [1.82, 2.24) is 0 Å². The maximum atomic E-state index is 5.48. The predicted molar refractivity (Wildman–Crippen MR) is 46.5 cm³/mol. The van der Waals surface area contributed by atoms with Crippen LogP contribution in [-0.4, -0.2) is 0 Å². The Morgan fingerprint density at radius 1 is 1.25 bits per heavy atom. The van der Waals surface area contributed by atoms with Gasteiger partial charge in [-0.05, 0) is 12.5 Å². The van der Waals surface area contributed by atoms with Crippen molar-refractivity contribution in [2.75, 3.05) is 0 Å². The third-order valence-corrected chi connectivity index (χ3v) is 2.14. The average molecular weight is 161 g/mol. The standard InChI is InChI=1S/C9H11N3/c1-9(11-12-9)8-4-2-7(6-10)3-5-8/h2-5H,6,10H2,1H3. The summed E-state index contributed by atoms with van der Waals surface area (Å²) in [5.74, 6) is 0. The first kappa shape index (κ1) is 7.43. The van der Waals surface area contributed by atoms with Crippen LogP contribution < -0.4 is 5.73 Å². The highest BCUT2D eigenvalue weighted by Crippen LogP contribution is 2.38. The minimum absolute atomic E-state index is 0.257. The molecule has 2 rings (SSSR count). The molecule has 0 atom stereocenters.